The molecule has 1 amide bonds. The summed E-state index contributed by atoms with van der Waals surface area (Å²) in [5, 5.41) is 4.30. The number of hydrogen-bond acceptors (Lipinski definition) is 3. The minimum Gasteiger partial charge on any atom is -0.369 e. The van der Waals surface area contributed by atoms with Crippen molar-refractivity contribution < 1.29 is 4.79 Å². The SMILES string of the molecule is O=C(CCCc1c[nH]c2ccccc12)Nc1ccc(N2CCN(Cc3ccccc3)CC2)cc1. The molecule has 1 aliphatic rings. The van der Waals surface area contributed by atoms with Crippen LogP contribution in [0.25, 0.3) is 10.9 Å². The predicted molar refractivity (Wildman–Crippen MR) is 140 cm³/mol. The second-order valence-electron chi connectivity index (χ2n) is 9.06. The molecule has 1 saturated heterocycles. The zero-order valence-electron chi connectivity index (χ0n) is 19.5. The molecule has 0 unspecified atom stereocenters. The Bertz CT molecular complexity index is 1210. The lowest BCUT2D eigenvalue weighted by molar-refractivity contribution is -0.116. The van der Waals surface area contributed by atoms with Gasteiger partial charge in [0.15, 0.2) is 0 Å². The van der Waals surface area contributed by atoms with Crippen molar-refractivity contribution in [2.24, 2.45) is 0 Å². The van der Waals surface area contributed by atoms with Crippen LogP contribution in [0.2, 0.25) is 0 Å². The van der Waals surface area contributed by atoms with Crippen LogP contribution in [0.15, 0.2) is 85.1 Å². The van der Waals surface area contributed by atoms with Gasteiger partial charge in [-0.25, -0.2) is 0 Å². The zero-order valence-corrected chi connectivity index (χ0v) is 19.5. The number of hydrogen-bond donors (Lipinski definition) is 2. The average molecular weight is 453 g/mol. The summed E-state index contributed by atoms with van der Waals surface area (Å²) < 4.78 is 0. The van der Waals surface area contributed by atoms with Crippen molar-refractivity contribution in [2.45, 2.75) is 25.8 Å². The summed E-state index contributed by atoms with van der Waals surface area (Å²) in [5.41, 5.74) is 5.88. The number of rotatable bonds is 8. The Morgan fingerprint density at radius 1 is 0.853 bits per heavy atom. The van der Waals surface area contributed by atoms with Gasteiger partial charge in [0.1, 0.15) is 0 Å². The first-order chi connectivity index (χ1) is 16.7. The molecule has 4 aromatic rings. The minimum atomic E-state index is 0.0714. The van der Waals surface area contributed by atoms with E-state index < -0.39 is 0 Å². The number of benzene rings is 3. The van der Waals surface area contributed by atoms with Crippen molar-refractivity contribution in [1.82, 2.24) is 9.88 Å². The van der Waals surface area contributed by atoms with Crippen molar-refractivity contribution in [3.05, 3.63) is 96.2 Å². The highest BCUT2D eigenvalue weighted by atomic mass is 16.1. The Labute approximate surface area is 201 Å². The van der Waals surface area contributed by atoms with Crippen molar-refractivity contribution in [2.75, 3.05) is 36.4 Å². The van der Waals surface area contributed by atoms with Crippen molar-refractivity contribution in [3.8, 4) is 0 Å². The van der Waals surface area contributed by atoms with E-state index in [9.17, 15) is 4.79 Å². The number of carbonyl (C=O) groups is 1. The molecule has 0 bridgehead atoms. The van der Waals surface area contributed by atoms with Crippen LogP contribution in [-0.2, 0) is 17.8 Å². The van der Waals surface area contributed by atoms with Gasteiger partial charge < -0.3 is 15.2 Å². The quantitative estimate of drug-likeness (QED) is 0.374. The topological polar surface area (TPSA) is 51.4 Å². The number of nitrogens with zero attached hydrogens (tertiary/aromatic N) is 2. The molecule has 5 heteroatoms. The third kappa shape index (κ3) is 5.49. The average Bonchev–Trinajstić information content (AvgIpc) is 3.29. The number of aromatic amines is 1. The second kappa shape index (κ2) is 10.6. The number of amides is 1. The van der Waals surface area contributed by atoms with Gasteiger partial charge in [0.2, 0.25) is 5.91 Å². The van der Waals surface area contributed by atoms with Crippen LogP contribution >= 0.6 is 0 Å². The Morgan fingerprint density at radius 2 is 1.59 bits per heavy atom. The minimum absolute atomic E-state index is 0.0714. The summed E-state index contributed by atoms with van der Waals surface area (Å²) in [6, 6.07) is 27.3. The predicted octanol–water partition coefficient (Wildman–Crippen LogP) is 5.45. The van der Waals surface area contributed by atoms with Gasteiger partial charge in [-0.05, 0) is 54.3 Å². The Kier molecular flexibility index (Phi) is 6.91. The molecule has 2 heterocycles. The number of piperazine rings is 1. The van der Waals surface area contributed by atoms with Gasteiger partial charge in [0.25, 0.3) is 0 Å². The fourth-order valence-corrected chi connectivity index (χ4v) is 4.76. The van der Waals surface area contributed by atoms with Crippen LogP contribution in [0.4, 0.5) is 11.4 Å². The van der Waals surface area contributed by atoms with Crippen LogP contribution in [-0.4, -0.2) is 42.0 Å². The number of aryl methyl sites for hydroxylation is 1. The molecule has 0 aliphatic carbocycles. The van der Waals surface area contributed by atoms with Gasteiger partial charge >= 0.3 is 0 Å². The van der Waals surface area contributed by atoms with E-state index in [0.29, 0.717) is 6.42 Å². The first-order valence-corrected chi connectivity index (χ1v) is 12.2. The number of para-hydroxylation sites is 1. The smallest absolute Gasteiger partial charge is 0.224 e. The molecule has 0 spiro atoms. The van der Waals surface area contributed by atoms with E-state index in [2.05, 4.69) is 87.0 Å². The standard InChI is InChI=1S/C29H32N4O/c34-29(12-6-9-24-21-30-28-11-5-4-10-27(24)28)31-25-13-15-26(16-14-25)33-19-17-32(18-20-33)22-23-7-2-1-3-8-23/h1-5,7-8,10-11,13-16,21,30H,6,9,12,17-20,22H2,(H,31,34). The lowest BCUT2D eigenvalue weighted by atomic mass is 10.1. The van der Waals surface area contributed by atoms with Crippen LogP contribution < -0.4 is 10.2 Å². The first-order valence-electron chi connectivity index (χ1n) is 12.2. The Morgan fingerprint density at radius 3 is 2.38 bits per heavy atom. The maximum atomic E-state index is 12.4. The van der Waals surface area contributed by atoms with Gasteiger partial charge in [0, 0.05) is 67.6 Å². The van der Waals surface area contributed by atoms with Crippen molar-refractivity contribution >= 4 is 28.2 Å². The number of nitrogens with one attached hydrogen (secondary N) is 2. The summed E-state index contributed by atoms with van der Waals surface area (Å²) in [6.07, 6.45) is 4.30. The number of H-pyrrole nitrogens is 1. The first kappa shape index (κ1) is 22.2. The molecule has 34 heavy (non-hydrogen) atoms. The summed E-state index contributed by atoms with van der Waals surface area (Å²) in [4.78, 5) is 20.7. The lowest BCUT2D eigenvalue weighted by Crippen LogP contribution is -2.45. The van der Waals surface area contributed by atoms with E-state index in [1.807, 2.05) is 18.2 Å². The molecular formula is C29H32N4O. The Hall–Kier alpha value is -3.57. The van der Waals surface area contributed by atoms with Gasteiger partial charge in [-0.1, -0.05) is 48.5 Å². The van der Waals surface area contributed by atoms with Crippen molar-refractivity contribution in [3.63, 3.8) is 0 Å². The molecule has 2 N–H and O–H groups in total. The molecule has 1 fully saturated rings. The molecule has 0 atom stereocenters. The fraction of sp³-hybridized carbons (Fsp3) is 0.276. The van der Waals surface area contributed by atoms with Crippen LogP contribution in [0.3, 0.4) is 0 Å². The number of carbonyl (C=O) groups excluding carboxylic acids is 1. The van der Waals surface area contributed by atoms with E-state index in [1.54, 1.807) is 0 Å². The zero-order chi connectivity index (χ0) is 23.2. The van der Waals surface area contributed by atoms with Gasteiger partial charge in [-0.3, -0.25) is 9.69 Å². The second-order valence-corrected chi connectivity index (χ2v) is 9.06. The van der Waals surface area contributed by atoms with Gasteiger partial charge in [-0.15, -0.1) is 0 Å². The highest BCUT2D eigenvalue weighted by Crippen LogP contribution is 2.22. The number of aromatic nitrogens is 1. The maximum absolute atomic E-state index is 12.4. The van der Waals surface area contributed by atoms with E-state index in [4.69, 9.17) is 0 Å². The van der Waals surface area contributed by atoms with Crippen LogP contribution in [0, 0.1) is 0 Å². The lowest BCUT2D eigenvalue weighted by Gasteiger charge is -2.36. The third-order valence-corrected chi connectivity index (χ3v) is 6.66. The third-order valence-electron chi connectivity index (χ3n) is 6.66. The largest absolute Gasteiger partial charge is 0.369 e. The number of anilines is 2. The van der Waals surface area contributed by atoms with E-state index >= 15 is 0 Å². The van der Waals surface area contributed by atoms with Gasteiger partial charge in [-0.2, -0.15) is 0 Å². The Balaban J connectivity index is 1.06. The monoisotopic (exact) mass is 452 g/mol. The summed E-state index contributed by atoms with van der Waals surface area (Å²) in [7, 11) is 0. The molecule has 1 aliphatic heterocycles. The fourth-order valence-electron chi connectivity index (χ4n) is 4.76. The van der Waals surface area contributed by atoms with Crippen molar-refractivity contribution in [1.29, 1.82) is 0 Å². The molecule has 1 aromatic heterocycles. The van der Waals surface area contributed by atoms with E-state index in [1.165, 1.54) is 22.2 Å². The highest BCUT2D eigenvalue weighted by Gasteiger charge is 2.17. The molecular weight excluding hydrogens is 420 g/mol. The number of fused-ring (bicyclic) bond motifs is 1. The van der Waals surface area contributed by atoms with E-state index in [-0.39, 0.29) is 5.91 Å². The van der Waals surface area contributed by atoms with Crippen LogP contribution in [0.5, 0.6) is 0 Å². The molecule has 0 saturated carbocycles. The molecule has 0 radical (unpaired) electrons. The molecule has 5 rings (SSSR count). The summed E-state index contributed by atoms with van der Waals surface area (Å²) in [6.45, 7) is 5.17. The van der Waals surface area contributed by atoms with Gasteiger partial charge in [0.05, 0.1) is 0 Å². The van der Waals surface area contributed by atoms with E-state index in [0.717, 1.165) is 56.8 Å². The summed E-state index contributed by atoms with van der Waals surface area (Å²) >= 11 is 0. The normalized spacial score (nSPS) is 14.4. The molecule has 5 nitrogen and oxygen atoms in total. The van der Waals surface area contributed by atoms with Crippen LogP contribution in [0.1, 0.15) is 24.0 Å². The molecule has 174 valence electrons. The maximum Gasteiger partial charge on any atom is 0.224 e. The highest BCUT2D eigenvalue weighted by molar-refractivity contribution is 5.91. The molecule has 3 aromatic carbocycles. The summed E-state index contributed by atoms with van der Waals surface area (Å²) in [5.74, 6) is 0.0714.